The van der Waals surface area contributed by atoms with Crippen molar-refractivity contribution in [1.29, 1.82) is 0 Å². The zero-order chi connectivity index (χ0) is 21.0. The number of thioether (sulfide) groups is 1. The highest BCUT2D eigenvalue weighted by atomic mass is 35.5. The maximum Gasteiger partial charge on any atom is 0.242 e. The highest BCUT2D eigenvalue weighted by Crippen LogP contribution is 2.27. The van der Waals surface area contributed by atoms with Crippen LogP contribution in [-0.4, -0.2) is 53.7 Å². The molecule has 0 spiro atoms. The molecule has 1 amide bonds. The van der Waals surface area contributed by atoms with Crippen LogP contribution in [0.15, 0.2) is 45.8 Å². The van der Waals surface area contributed by atoms with E-state index in [1.807, 2.05) is 17.5 Å². The number of amides is 1. The number of anilines is 1. The van der Waals surface area contributed by atoms with Crippen LogP contribution in [0, 0.1) is 0 Å². The molecule has 0 saturated heterocycles. The first-order valence-electron chi connectivity index (χ1n) is 8.34. The van der Waals surface area contributed by atoms with Crippen molar-refractivity contribution in [2.24, 2.45) is 0 Å². The lowest BCUT2D eigenvalue weighted by atomic mass is 10.3. The Kier molecular flexibility index (Phi) is 6.96. The van der Waals surface area contributed by atoms with Gasteiger partial charge in [-0.2, -0.15) is 0 Å². The minimum atomic E-state index is -3.63. The highest BCUT2D eigenvalue weighted by Gasteiger charge is 2.19. The lowest BCUT2D eigenvalue weighted by Gasteiger charge is -2.13. The molecule has 3 aromatic rings. The van der Waals surface area contributed by atoms with Crippen molar-refractivity contribution in [2.75, 3.05) is 25.2 Å². The van der Waals surface area contributed by atoms with E-state index in [0.717, 1.165) is 15.0 Å². The molecule has 8 nitrogen and oxygen atoms in total. The number of thiophene rings is 1. The third-order valence-corrected chi connectivity index (χ3v) is 7.62. The number of aromatic amines is 1. The molecule has 0 bridgehead atoms. The average molecular weight is 472 g/mol. The Morgan fingerprint density at radius 2 is 2.14 bits per heavy atom. The van der Waals surface area contributed by atoms with Crippen LogP contribution in [0.4, 0.5) is 5.69 Å². The Bertz CT molecular complexity index is 1100. The smallest absolute Gasteiger partial charge is 0.242 e. The van der Waals surface area contributed by atoms with E-state index >= 15 is 0 Å². The number of aromatic nitrogens is 3. The van der Waals surface area contributed by atoms with Gasteiger partial charge in [0.05, 0.1) is 21.4 Å². The summed E-state index contributed by atoms with van der Waals surface area (Å²) in [4.78, 5) is 17.8. The lowest BCUT2D eigenvalue weighted by Crippen LogP contribution is -2.22. The van der Waals surface area contributed by atoms with Gasteiger partial charge in [0.25, 0.3) is 0 Å². The number of nitrogens with zero attached hydrogens (tertiary/aromatic N) is 3. The molecule has 12 heteroatoms. The summed E-state index contributed by atoms with van der Waals surface area (Å²) < 4.78 is 25.6. The number of rotatable bonds is 8. The number of halogens is 1. The van der Waals surface area contributed by atoms with Crippen molar-refractivity contribution >= 4 is 56.3 Å². The van der Waals surface area contributed by atoms with E-state index in [1.54, 1.807) is 11.3 Å². The molecule has 0 atom stereocenters. The average Bonchev–Trinajstić information content (AvgIpc) is 3.34. The Morgan fingerprint density at radius 1 is 1.34 bits per heavy atom. The number of H-pyrrole nitrogens is 1. The molecule has 0 aliphatic rings. The van der Waals surface area contributed by atoms with E-state index in [1.165, 1.54) is 44.1 Å². The molecule has 0 saturated carbocycles. The third kappa shape index (κ3) is 5.58. The van der Waals surface area contributed by atoms with Gasteiger partial charge in [-0.3, -0.25) is 9.89 Å². The second kappa shape index (κ2) is 9.26. The molecular formula is C17H18ClN5O3S3. The Labute approximate surface area is 181 Å². The minimum absolute atomic E-state index is 0.0436. The summed E-state index contributed by atoms with van der Waals surface area (Å²) in [6, 6.07) is 8.16. The van der Waals surface area contributed by atoms with Crippen LogP contribution in [0.1, 0.15) is 10.7 Å². The predicted molar refractivity (Wildman–Crippen MR) is 115 cm³/mol. The molecule has 0 radical (unpaired) electrons. The molecule has 0 aliphatic carbocycles. The monoisotopic (exact) mass is 471 g/mol. The van der Waals surface area contributed by atoms with Gasteiger partial charge >= 0.3 is 0 Å². The molecule has 29 heavy (non-hydrogen) atoms. The first kappa shape index (κ1) is 21.8. The van der Waals surface area contributed by atoms with E-state index in [0.29, 0.717) is 11.6 Å². The van der Waals surface area contributed by atoms with E-state index in [4.69, 9.17) is 11.6 Å². The molecule has 2 heterocycles. The maximum absolute atomic E-state index is 12.3. The number of carbonyl (C=O) groups is 1. The summed E-state index contributed by atoms with van der Waals surface area (Å²) in [6.07, 6.45) is 0.653. The van der Waals surface area contributed by atoms with Crippen LogP contribution < -0.4 is 5.32 Å². The molecule has 2 N–H and O–H groups in total. The van der Waals surface area contributed by atoms with Crippen LogP contribution in [0.5, 0.6) is 0 Å². The Balaban J connectivity index is 1.60. The summed E-state index contributed by atoms with van der Waals surface area (Å²) in [6.45, 7) is 0. The van der Waals surface area contributed by atoms with Gasteiger partial charge in [-0.25, -0.2) is 17.7 Å². The normalized spacial score (nSPS) is 11.7. The number of nitrogens with one attached hydrogen (secondary N) is 2. The summed E-state index contributed by atoms with van der Waals surface area (Å²) in [5, 5.41) is 12.3. The van der Waals surface area contributed by atoms with Crippen molar-refractivity contribution in [3.05, 3.63) is 51.4 Å². The standard InChI is InChI=1S/C17H18ClN5O3S3/c1-23(2)29(25,26)12-5-6-13(18)14(9-12)19-16(24)10-28-17-20-15(21-22-17)8-11-4-3-7-27-11/h3-7,9H,8,10H2,1-2H3,(H,19,24)(H,20,21,22). The van der Waals surface area contributed by atoms with Crippen LogP contribution in [0.3, 0.4) is 0 Å². The summed E-state index contributed by atoms with van der Waals surface area (Å²) in [5.74, 6) is 0.429. The van der Waals surface area contributed by atoms with Crippen molar-refractivity contribution in [1.82, 2.24) is 19.5 Å². The molecule has 0 aliphatic heterocycles. The molecule has 3 rings (SSSR count). The second-order valence-electron chi connectivity index (χ2n) is 6.09. The predicted octanol–water partition coefficient (Wildman–Crippen LogP) is 3.09. The number of benzene rings is 1. The minimum Gasteiger partial charge on any atom is -0.324 e. The largest absolute Gasteiger partial charge is 0.324 e. The first-order chi connectivity index (χ1) is 13.8. The van der Waals surface area contributed by atoms with Crippen molar-refractivity contribution in [2.45, 2.75) is 16.5 Å². The van der Waals surface area contributed by atoms with Gasteiger partial charge in [-0.15, -0.1) is 16.4 Å². The summed E-state index contributed by atoms with van der Waals surface area (Å²) in [7, 11) is -0.765. The fraction of sp³-hybridized carbons (Fsp3) is 0.235. The molecule has 0 fully saturated rings. The van der Waals surface area contributed by atoms with E-state index in [-0.39, 0.29) is 27.3 Å². The zero-order valence-electron chi connectivity index (χ0n) is 15.5. The summed E-state index contributed by atoms with van der Waals surface area (Å²) in [5.41, 5.74) is 0.230. The molecule has 1 aromatic carbocycles. The first-order valence-corrected chi connectivity index (χ1v) is 12.0. The quantitative estimate of drug-likeness (QED) is 0.489. The number of hydrogen-bond donors (Lipinski definition) is 2. The second-order valence-corrected chi connectivity index (χ2v) is 10.6. The van der Waals surface area contributed by atoms with Gasteiger partial charge in [0, 0.05) is 25.4 Å². The molecular weight excluding hydrogens is 454 g/mol. The van der Waals surface area contributed by atoms with Gasteiger partial charge in [0.2, 0.25) is 21.1 Å². The molecule has 0 unspecified atom stereocenters. The van der Waals surface area contributed by atoms with E-state index in [2.05, 4.69) is 20.5 Å². The highest BCUT2D eigenvalue weighted by molar-refractivity contribution is 7.99. The van der Waals surface area contributed by atoms with Crippen molar-refractivity contribution in [3.8, 4) is 0 Å². The van der Waals surface area contributed by atoms with Crippen molar-refractivity contribution < 1.29 is 13.2 Å². The zero-order valence-corrected chi connectivity index (χ0v) is 18.8. The summed E-state index contributed by atoms with van der Waals surface area (Å²) >= 11 is 8.90. The van der Waals surface area contributed by atoms with Gasteiger partial charge in [0.15, 0.2) is 0 Å². The van der Waals surface area contributed by atoms with Gasteiger partial charge in [-0.1, -0.05) is 29.4 Å². The number of hydrogen-bond acceptors (Lipinski definition) is 7. The Morgan fingerprint density at radius 3 is 2.83 bits per heavy atom. The SMILES string of the molecule is CN(C)S(=O)(=O)c1ccc(Cl)c(NC(=O)CSc2n[nH]c(Cc3cccs3)n2)c1. The molecule has 2 aromatic heterocycles. The van der Waals surface area contributed by atoms with Gasteiger partial charge in [-0.05, 0) is 29.6 Å². The van der Waals surface area contributed by atoms with Crippen LogP contribution in [0.25, 0.3) is 0 Å². The topological polar surface area (TPSA) is 108 Å². The Hall–Kier alpha value is -1.92. The van der Waals surface area contributed by atoms with E-state index < -0.39 is 10.0 Å². The van der Waals surface area contributed by atoms with Gasteiger partial charge < -0.3 is 5.32 Å². The fourth-order valence-electron chi connectivity index (χ4n) is 2.29. The van der Waals surface area contributed by atoms with E-state index in [9.17, 15) is 13.2 Å². The lowest BCUT2D eigenvalue weighted by molar-refractivity contribution is -0.113. The van der Waals surface area contributed by atoms with Crippen LogP contribution in [0.2, 0.25) is 5.02 Å². The maximum atomic E-state index is 12.3. The van der Waals surface area contributed by atoms with Crippen LogP contribution in [-0.2, 0) is 21.2 Å². The molecule has 154 valence electrons. The number of carbonyl (C=O) groups excluding carboxylic acids is 1. The third-order valence-electron chi connectivity index (χ3n) is 3.76. The van der Waals surface area contributed by atoms with Crippen molar-refractivity contribution in [3.63, 3.8) is 0 Å². The van der Waals surface area contributed by atoms with Gasteiger partial charge in [0.1, 0.15) is 5.82 Å². The number of sulfonamides is 1. The fourth-order valence-corrected chi connectivity index (χ4v) is 4.71. The van der Waals surface area contributed by atoms with Crippen LogP contribution >= 0.6 is 34.7 Å².